The van der Waals surface area contributed by atoms with Crippen molar-refractivity contribution in [3.05, 3.63) is 81.6 Å². The summed E-state index contributed by atoms with van der Waals surface area (Å²) in [4.78, 5) is 24.9. The molecule has 8 nitrogen and oxygen atoms in total. The van der Waals surface area contributed by atoms with E-state index in [4.69, 9.17) is 14.6 Å². The van der Waals surface area contributed by atoms with Gasteiger partial charge in [0.15, 0.2) is 0 Å². The summed E-state index contributed by atoms with van der Waals surface area (Å²) >= 11 is 1.52. The maximum Gasteiger partial charge on any atom is 0.282 e. The van der Waals surface area contributed by atoms with Crippen LogP contribution in [-0.2, 0) is 16.2 Å². The van der Waals surface area contributed by atoms with Crippen molar-refractivity contribution >= 4 is 22.9 Å². The largest absolute Gasteiger partial charge is 0.489 e. The van der Waals surface area contributed by atoms with Crippen LogP contribution < -0.4 is 10.2 Å². The fourth-order valence-electron chi connectivity index (χ4n) is 4.75. The number of rotatable bonds is 10. The third-order valence-electron chi connectivity index (χ3n) is 6.87. The van der Waals surface area contributed by atoms with E-state index in [2.05, 4.69) is 17.2 Å². The number of aromatic nitrogens is 3. The predicted molar refractivity (Wildman–Crippen MR) is 144 cm³/mol. The maximum absolute atomic E-state index is 13.3. The number of nitrogens with one attached hydrogen (secondary N) is 1. The third kappa shape index (κ3) is 6.62. The second-order valence-electron chi connectivity index (χ2n) is 9.98. The van der Waals surface area contributed by atoms with Crippen LogP contribution in [-0.4, -0.2) is 45.3 Å². The number of alkyl halides is 4. The van der Waals surface area contributed by atoms with Crippen LogP contribution in [0.4, 0.5) is 17.6 Å². The number of nitrogens with zero attached hydrogens (tertiary/aromatic N) is 4. The van der Waals surface area contributed by atoms with Crippen LogP contribution in [0.25, 0.3) is 5.70 Å². The molecule has 0 aliphatic carbocycles. The fourth-order valence-corrected chi connectivity index (χ4v) is 5.74. The lowest BCUT2D eigenvalue weighted by molar-refractivity contribution is -0.133. The molecule has 1 unspecified atom stereocenters. The van der Waals surface area contributed by atoms with Gasteiger partial charge in [0.25, 0.3) is 12.9 Å². The van der Waals surface area contributed by atoms with Gasteiger partial charge in [-0.2, -0.15) is 5.10 Å². The number of carbonyl (C=O) groups excluding carboxylic acids is 1. The molecule has 1 saturated heterocycles. The second-order valence-corrected chi connectivity index (χ2v) is 10.9. The SMILES string of the molecule is C=C(C)COc1ccccc1C1C=C(c2csc(C3CCN(C(=O)Cn4nc(C(F)F)cc4C(F)F)CC3)n2)NO1. The van der Waals surface area contributed by atoms with Crippen LogP contribution in [0.3, 0.4) is 0 Å². The van der Waals surface area contributed by atoms with Crippen molar-refractivity contribution in [2.45, 2.75) is 51.2 Å². The molecular formula is C28H29F4N5O3S. The van der Waals surface area contributed by atoms with Crippen LogP contribution in [0, 0.1) is 0 Å². The summed E-state index contributed by atoms with van der Waals surface area (Å²) in [5, 5.41) is 6.39. The highest BCUT2D eigenvalue weighted by atomic mass is 32.1. The van der Waals surface area contributed by atoms with Gasteiger partial charge in [-0.1, -0.05) is 24.8 Å². The molecule has 1 fully saturated rings. The van der Waals surface area contributed by atoms with Gasteiger partial charge in [-0.25, -0.2) is 22.5 Å². The minimum Gasteiger partial charge on any atom is -0.489 e. The van der Waals surface area contributed by atoms with E-state index in [1.54, 1.807) is 4.90 Å². The summed E-state index contributed by atoms with van der Waals surface area (Å²) in [6.45, 7) is 6.47. The number of likely N-dealkylation sites (tertiary alicyclic amines) is 1. The number of hydrogen-bond acceptors (Lipinski definition) is 7. The fraction of sp³-hybridized carbons (Fsp3) is 0.393. The Bertz CT molecular complexity index is 1430. The Morgan fingerprint density at radius 1 is 1.22 bits per heavy atom. The zero-order valence-electron chi connectivity index (χ0n) is 22.2. The number of piperidine rings is 1. The monoisotopic (exact) mass is 591 g/mol. The van der Waals surface area contributed by atoms with Gasteiger partial charge in [0.05, 0.1) is 16.4 Å². The highest BCUT2D eigenvalue weighted by Crippen LogP contribution is 2.36. The van der Waals surface area contributed by atoms with Crippen LogP contribution in [0.2, 0.25) is 0 Å². The maximum atomic E-state index is 13.3. The van der Waals surface area contributed by atoms with Gasteiger partial charge in [0, 0.05) is 30.0 Å². The highest BCUT2D eigenvalue weighted by molar-refractivity contribution is 7.09. The average molecular weight is 592 g/mol. The van der Waals surface area contributed by atoms with Gasteiger partial charge in [0.2, 0.25) is 5.91 Å². The quantitative estimate of drug-likeness (QED) is 0.224. The number of hydrogen-bond donors (Lipinski definition) is 1. The van der Waals surface area contributed by atoms with Gasteiger partial charge in [0.1, 0.15) is 36.4 Å². The standard InChI is InChI=1S/C28H29F4N5O3S/c1-16(2)14-39-23-6-4-3-5-18(23)24-12-19(35-40-24)21-15-41-28(33-21)17-7-9-36(10-8-17)25(38)13-37-22(27(31)32)11-20(34-37)26(29)30/h3-6,11-12,15,17,24,26-27,35H,1,7-10,13-14H2,2H3. The van der Waals surface area contributed by atoms with E-state index >= 15 is 0 Å². The molecule has 2 aliphatic heterocycles. The lowest BCUT2D eigenvalue weighted by Crippen LogP contribution is -2.40. The molecule has 0 saturated carbocycles. The average Bonchev–Trinajstić information content (AvgIpc) is 3.72. The molecule has 1 aromatic carbocycles. The lowest BCUT2D eigenvalue weighted by Gasteiger charge is -2.31. The van der Waals surface area contributed by atoms with Crippen LogP contribution in [0.5, 0.6) is 5.75 Å². The predicted octanol–water partition coefficient (Wildman–Crippen LogP) is 6.19. The Morgan fingerprint density at radius 3 is 2.68 bits per heavy atom. The Hall–Kier alpha value is -3.71. The van der Waals surface area contributed by atoms with Crippen molar-refractivity contribution in [3.63, 3.8) is 0 Å². The topological polar surface area (TPSA) is 81.5 Å². The van der Waals surface area contributed by atoms with Crippen molar-refractivity contribution < 1.29 is 31.9 Å². The molecule has 0 bridgehead atoms. The molecule has 5 rings (SSSR count). The molecule has 41 heavy (non-hydrogen) atoms. The van der Waals surface area contributed by atoms with Gasteiger partial charge in [-0.05, 0) is 43.5 Å². The van der Waals surface area contributed by atoms with E-state index in [0.29, 0.717) is 49.0 Å². The van der Waals surface area contributed by atoms with Crippen molar-refractivity contribution in [1.29, 1.82) is 0 Å². The van der Waals surface area contributed by atoms with Gasteiger partial charge < -0.3 is 9.64 Å². The number of benzene rings is 1. The highest BCUT2D eigenvalue weighted by Gasteiger charge is 2.29. The van der Waals surface area contributed by atoms with Gasteiger partial charge in [-0.3, -0.25) is 19.8 Å². The number of amides is 1. The van der Waals surface area contributed by atoms with Crippen LogP contribution in [0.1, 0.15) is 72.3 Å². The zero-order chi connectivity index (χ0) is 29.1. The van der Waals surface area contributed by atoms with Crippen molar-refractivity contribution in [3.8, 4) is 5.75 Å². The molecule has 1 amide bonds. The molecule has 3 aromatic rings. The molecule has 1 atom stereocenters. The van der Waals surface area contributed by atoms with Gasteiger partial charge >= 0.3 is 0 Å². The first-order valence-corrected chi connectivity index (χ1v) is 13.9. The lowest BCUT2D eigenvalue weighted by atomic mass is 9.97. The molecule has 218 valence electrons. The minimum absolute atomic E-state index is 0.125. The molecule has 2 aromatic heterocycles. The van der Waals surface area contributed by atoms with E-state index in [-0.39, 0.29) is 12.0 Å². The number of halogens is 4. The third-order valence-corrected chi connectivity index (χ3v) is 7.88. The number of ether oxygens (including phenoxy) is 1. The minimum atomic E-state index is -3.01. The van der Waals surface area contributed by atoms with Crippen LogP contribution in [0.15, 0.2) is 53.9 Å². The first kappa shape index (κ1) is 28.8. The first-order valence-electron chi connectivity index (χ1n) is 13.1. The van der Waals surface area contributed by atoms with Crippen molar-refractivity contribution in [2.75, 3.05) is 19.7 Å². The zero-order valence-corrected chi connectivity index (χ0v) is 23.1. The first-order chi connectivity index (χ1) is 19.7. The molecule has 0 radical (unpaired) electrons. The summed E-state index contributed by atoms with van der Waals surface area (Å²) in [6.07, 6.45) is -3.13. The molecule has 2 aliphatic rings. The summed E-state index contributed by atoms with van der Waals surface area (Å²) in [6, 6.07) is 8.30. The van der Waals surface area contributed by atoms with E-state index < -0.39 is 36.7 Å². The van der Waals surface area contributed by atoms with E-state index in [0.717, 1.165) is 27.5 Å². The number of carbonyl (C=O) groups is 1. The number of hydroxylamine groups is 1. The Labute approximate surface area is 238 Å². The van der Waals surface area contributed by atoms with Crippen molar-refractivity contribution in [1.82, 2.24) is 25.1 Å². The molecule has 13 heteroatoms. The Kier molecular flexibility index (Phi) is 8.74. The van der Waals surface area contributed by atoms with E-state index in [9.17, 15) is 22.4 Å². The summed E-state index contributed by atoms with van der Waals surface area (Å²) in [5.74, 6) is 0.400. The molecular weight excluding hydrogens is 562 g/mol. The smallest absolute Gasteiger partial charge is 0.282 e. The molecule has 0 spiro atoms. The summed E-state index contributed by atoms with van der Waals surface area (Å²) < 4.78 is 59.0. The second kappa shape index (κ2) is 12.4. The molecule has 4 heterocycles. The van der Waals surface area contributed by atoms with Crippen molar-refractivity contribution in [2.24, 2.45) is 0 Å². The molecule has 1 N–H and O–H groups in total. The number of para-hydroxylation sites is 1. The summed E-state index contributed by atoms with van der Waals surface area (Å²) in [7, 11) is 0. The van der Waals surface area contributed by atoms with E-state index in [1.165, 1.54) is 11.3 Å². The van der Waals surface area contributed by atoms with Crippen LogP contribution >= 0.6 is 11.3 Å². The van der Waals surface area contributed by atoms with E-state index in [1.807, 2.05) is 42.6 Å². The Morgan fingerprint density at radius 2 is 1.98 bits per heavy atom. The van der Waals surface area contributed by atoms with Gasteiger partial charge in [-0.15, -0.1) is 11.3 Å². The summed E-state index contributed by atoms with van der Waals surface area (Å²) in [5.41, 5.74) is 4.79. The Balaban J connectivity index is 1.19. The normalized spacial score (nSPS) is 17.7. The number of thiazole rings is 1.